The molecule has 106 valence electrons. The van der Waals surface area contributed by atoms with Crippen molar-refractivity contribution in [2.75, 3.05) is 5.73 Å². The highest BCUT2D eigenvalue weighted by atomic mass is 19.3. The Hall–Kier alpha value is -1.99. The van der Waals surface area contributed by atoms with Crippen LogP contribution in [0.25, 0.3) is 0 Å². The van der Waals surface area contributed by atoms with Gasteiger partial charge in [0.05, 0.1) is 11.8 Å². The van der Waals surface area contributed by atoms with E-state index in [0.717, 1.165) is 0 Å². The lowest BCUT2D eigenvalue weighted by atomic mass is 10.1. The first kappa shape index (κ1) is 15.1. The van der Waals surface area contributed by atoms with Crippen molar-refractivity contribution in [2.24, 2.45) is 0 Å². The molecule has 0 fully saturated rings. The van der Waals surface area contributed by atoms with Gasteiger partial charge in [-0.1, -0.05) is 0 Å². The predicted molar refractivity (Wildman–Crippen MR) is 58.0 cm³/mol. The standard InChI is InChI=1S/C11H11F4NO3/c1-4(2)18-10(17)7-8(13)6(19-11(14)15)3-5(12)9(7)16/h3-4,11H,16H2,1-2H3. The third-order valence-electron chi connectivity index (χ3n) is 1.98. The van der Waals surface area contributed by atoms with Crippen molar-refractivity contribution in [3.8, 4) is 5.75 Å². The number of hydrogen-bond donors (Lipinski definition) is 1. The molecule has 0 aliphatic carbocycles. The first-order valence-electron chi connectivity index (χ1n) is 5.17. The number of hydrogen-bond acceptors (Lipinski definition) is 4. The summed E-state index contributed by atoms with van der Waals surface area (Å²) in [5, 5.41) is 0. The summed E-state index contributed by atoms with van der Waals surface area (Å²) < 4.78 is 59.6. The van der Waals surface area contributed by atoms with Gasteiger partial charge in [-0.15, -0.1) is 0 Å². The molecule has 1 aromatic carbocycles. The summed E-state index contributed by atoms with van der Waals surface area (Å²) in [5.41, 5.74) is 3.40. The van der Waals surface area contributed by atoms with E-state index >= 15 is 0 Å². The number of nitrogen functional groups attached to an aromatic ring is 1. The fourth-order valence-electron chi connectivity index (χ4n) is 1.27. The molecular formula is C11H11F4NO3. The Labute approximate surface area is 106 Å². The lowest BCUT2D eigenvalue weighted by Crippen LogP contribution is -2.17. The molecule has 8 heteroatoms. The van der Waals surface area contributed by atoms with E-state index in [1.807, 2.05) is 0 Å². The van der Waals surface area contributed by atoms with Gasteiger partial charge in [0, 0.05) is 6.07 Å². The second kappa shape index (κ2) is 5.77. The number of benzene rings is 1. The number of anilines is 1. The lowest BCUT2D eigenvalue weighted by Gasteiger charge is -2.13. The molecule has 0 unspecified atom stereocenters. The number of carbonyl (C=O) groups excluding carboxylic acids is 1. The van der Waals surface area contributed by atoms with E-state index in [0.29, 0.717) is 6.07 Å². The van der Waals surface area contributed by atoms with E-state index in [2.05, 4.69) is 9.47 Å². The molecule has 0 atom stereocenters. The van der Waals surface area contributed by atoms with Crippen LogP contribution >= 0.6 is 0 Å². The minimum Gasteiger partial charge on any atom is -0.459 e. The number of halogens is 4. The zero-order chi connectivity index (χ0) is 14.7. The Morgan fingerprint density at radius 2 is 1.89 bits per heavy atom. The summed E-state index contributed by atoms with van der Waals surface area (Å²) in [7, 11) is 0. The fraction of sp³-hybridized carbons (Fsp3) is 0.364. The number of nitrogens with two attached hydrogens (primary N) is 1. The van der Waals surface area contributed by atoms with Crippen LogP contribution in [-0.2, 0) is 4.74 Å². The molecule has 0 aliphatic heterocycles. The van der Waals surface area contributed by atoms with Gasteiger partial charge in [-0.25, -0.2) is 13.6 Å². The van der Waals surface area contributed by atoms with Crippen LogP contribution in [0.3, 0.4) is 0 Å². The van der Waals surface area contributed by atoms with Crippen LogP contribution in [0.2, 0.25) is 0 Å². The second-order valence-corrected chi connectivity index (χ2v) is 3.79. The van der Waals surface area contributed by atoms with E-state index in [9.17, 15) is 22.4 Å². The molecule has 4 nitrogen and oxygen atoms in total. The fourth-order valence-corrected chi connectivity index (χ4v) is 1.27. The van der Waals surface area contributed by atoms with Gasteiger partial charge in [0.15, 0.2) is 17.4 Å². The molecule has 0 heterocycles. The number of rotatable bonds is 4. The topological polar surface area (TPSA) is 61.5 Å². The molecule has 0 saturated carbocycles. The van der Waals surface area contributed by atoms with Crippen LogP contribution in [0, 0.1) is 11.6 Å². The van der Waals surface area contributed by atoms with Crippen LogP contribution in [0.15, 0.2) is 6.07 Å². The lowest BCUT2D eigenvalue weighted by molar-refractivity contribution is -0.0525. The molecule has 0 bridgehead atoms. The number of esters is 1. The molecule has 19 heavy (non-hydrogen) atoms. The van der Waals surface area contributed by atoms with Gasteiger partial charge in [0.25, 0.3) is 0 Å². The molecule has 0 amide bonds. The molecule has 1 aromatic rings. The van der Waals surface area contributed by atoms with Crippen LogP contribution in [0.1, 0.15) is 24.2 Å². The van der Waals surface area contributed by atoms with E-state index in [4.69, 9.17) is 5.73 Å². The van der Waals surface area contributed by atoms with Gasteiger partial charge in [-0.05, 0) is 13.8 Å². The Balaban J connectivity index is 3.29. The summed E-state index contributed by atoms with van der Waals surface area (Å²) in [6.45, 7) is -0.421. The molecular weight excluding hydrogens is 270 g/mol. The summed E-state index contributed by atoms with van der Waals surface area (Å²) in [4.78, 5) is 11.5. The third kappa shape index (κ3) is 3.49. The van der Waals surface area contributed by atoms with E-state index in [1.165, 1.54) is 13.8 Å². The minimum atomic E-state index is -3.37. The van der Waals surface area contributed by atoms with Crippen LogP contribution in [0.4, 0.5) is 23.2 Å². The smallest absolute Gasteiger partial charge is 0.387 e. The van der Waals surface area contributed by atoms with Gasteiger partial charge in [-0.2, -0.15) is 8.78 Å². The van der Waals surface area contributed by atoms with E-state index in [1.54, 1.807) is 0 Å². The number of carbonyl (C=O) groups is 1. The zero-order valence-corrected chi connectivity index (χ0v) is 10.0. The Morgan fingerprint density at radius 1 is 1.32 bits per heavy atom. The number of ether oxygens (including phenoxy) is 2. The summed E-state index contributed by atoms with van der Waals surface area (Å²) >= 11 is 0. The third-order valence-corrected chi connectivity index (χ3v) is 1.98. The minimum absolute atomic E-state index is 0.336. The van der Waals surface area contributed by atoms with Gasteiger partial charge < -0.3 is 15.2 Å². The van der Waals surface area contributed by atoms with Crippen LogP contribution in [-0.4, -0.2) is 18.7 Å². The molecule has 2 N–H and O–H groups in total. The van der Waals surface area contributed by atoms with Gasteiger partial charge in [0.2, 0.25) is 0 Å². The summed E-state index contributed by atoms with van der Waals surface area (Å²) in [6, 6.07) is 0.336. The van der Waals surface area contributed by atoms with Gasteiger partial charge in [-0.3, -0.25) is 0 Å². The quantitative estimate of drug-likeness (QED) is 0.523. The zero-order valence-electron chi connectivity index (χ0n) is 10.0. The first-order chi connectivity index (χ1) is 8.73. The van der Waals surface area contributed by atoms with Crippen molar-refractivity contribution < 1.29 is 31.8 Å². The second-order valence-electron chi connectivity index (χ2n) is 3.79. The maximum Gasteiger partial charge on any atom is 0.387 e. The van der Waals surface area contributed by atoms with Crippen molar-refractivity contribution in [1.82, 2.24) is 0 Å². The van der Waals surface area contributed by atoms with Crippen molar-refractivity contribution in [1.29, 1.82) is 0 Å². The average molecular weight is 281 g/mol. The molecule has 1 rings (SSSR count). The normalized spacial score (nSPS) is 10.9. The molecule has 0 saturated heterocycles. The van der Waals surface area contributed by atoms with Gasteiger partial charge >= 0.3 is 12.6 Å². The Morgan fingerprint density at radius 3 is 2.37 bits per heavy atom. The van der Waals surface area contributed by atoms with Crippen LogP contribution < -0.4 is 10.5 Å². The molecule has 0 aliphatic rings. The summed E-state index contributed by atoms with van der Waals surface area (Å²) in [5.74, 6) is -5.13. The maximum atomic E-state index is 13.8. The van der Waals surface area contributed by atoms with Crippen molar-refractivity contribution >= 4 is 11.7 Å². The predicted octanol–water partition coefficient (Wildman–Crippen LogP) is 2.71. The van der Waals surface area contributed by atoms with Crippen molar-refractivity contribution in [2.45, 2.75) is 26.6 Å². The Kier molecular flexibility index (Phi) is 4.57. The van der Waals surface area contributed by atoms with Crippen LogP contribution in [0.5, 0.6) is 5.75 Å². The summed E-state index contributed by atoms with van der Waals surface area (Å²) in [6.07, 6.45) is -0.617. The highest BCUT2D eigenvalue weighted by Gasteiger charge is 2.26. The average Bonchev–Trinajstić information content (AvgIpc) is 2.24. The van der Waals surface area contributed by atoms with Gasteiger partial charge in [0.1, 0.15) is 5.56 Å². The van der Waals surface area contributed by atoms with E-state index in [-0.39, 0.29) is 0 Å². The SMILES string of the molecule is CC(C)OC(=O)c1c(N)c(F)cc(OC(F)F)c1F. The molecule has 0 aromatic heterocycles. The number of alkyl halides is 2. The van der Waals surface area contributed by atoms with Crippen molar-refractivity contribution in [3.63, 3.8) is 0 Å². The van der Waals surface area contributed by atoms with E-state index < -0.39 is 47.3 Å². The molecule has 0 radical (unpaired) electrons. The Bertz CT molecular complexity index is 491. The monoisotopic (exact) mass is 281 g/mol. The highest BCUT2D eigenvalue weighted by Crippen LogP contribution is 2.30. The van der Waals surface area contributed by atoms with Crippen molar-refractivity contribution in [3.05, 3.63) is 23.3 Å². The maximum absolute atomic E-state index is 13.8. The largest absolute Gasteiger partial charge is 0.459 e. The highest BCUT2D eigenvalue weighted by molar-refractivity contribution is 5.96. The first-order valence-corrected chi connectivity index (χ1v) is 5.17. The molecule has 0 spiro atoms.